The molecule has 2 aromatic carbocycles. The fraction of sp³-hybridized carbons (Fsp3) is 0.167. The van der Waals surface area contributed by atoms with Gasteiger partial charge in [0.25, 0.3) is 0 Å². The Hall–Kier alpha value is -3.80. The first-order valence-corrected chi connectivity index (χ1v) is 9.15. The molecule has 0 radical (unpaired) electrons. The monoisotopic (exact) mass is 406 g/mol. The van der Waals surface area contributed by atoms with Crippen LogP contribution in [-0.4, -0.2) is 40.0 Å². The quantitative estimate of drug-likeness (QED) is 0.512. The number of allylic oxidation sites excluding steroid dienone is 3. The Morgan fingerprint density at radius 1 is 0.700 bits per heavy atom. The van der Waals surface area contributed by atoms with Gasteiger partial charge in [-0.25, -0.2) is 0 Å². The van der Waals surface area contributed by atoms with Crippen LogP contribution in [-0.2, 0) is 14.3 Å². The Labute approximate surface area is 175 Å². The van der Waals surface area contributed by atoms with Crippen LogP contribution < -0.4 is 14.2 Å². The van der Waals surface area contributed by atoms with E-state index in [2.05, 4.69) is 0 Å². The molecular weight excluding hydrogens is 384 g/mol. The molecule has 0 spiro atoms. The molecule has 0 atom stereocenters. The zero-order valence-electron chi connectivity index (χ0n) is 17.2. The van der Waals surface area contributed by atoms with Crippen LogP contribution in [0.15, 0.2) is 54.3 Å². The highest BCUT2D eigenvalue weighted by molar-refractivity contribution is 6.35. The van der Waals surface area contributed by atoms with Gasteiger partial charge in [-0.1, -0.05) is 24.3 Å². The van der Waals surface area contributed by atoms with Crippen LogP contribution in [0, 0.1) is 0 Å². The van der Waals surface area contributed by atoms with E-state index in [1.165, 1.54) is 26.4 Å². The Morgan fingerprint density at radius 3 is 2.00 bits per heavy atom. The summed E-state index contributed by atoms with van der Waals surface area (Å²) in [4.78, 5) is 25.0. The molecular formula is C24H22O6. The zero-order valence-corrected chi connectivity index (χ0v) is 17.2. The first kappa shape index (κ1) is 20.9. The van der Waals surface area contributed by atoms with Gasteiger partial charge in [-0.3, -0.25) is 9.59 Å². The second-order valence-corrected chi connectivity index (χ2v) is 6.40. The minimum atomic E-state index is -0.380. The van der Waals surface area contributed by atoms with Crippen molar-refractivity contribution in [2.24, 2.45) is 0 Å². The van der Waals surface area contributed by atoms with Gasteiger partial charge in [0.1, 0.15) is 17.2 Å². The van der Waals surface area contributed by atoms with Crippen LogP contribution in [0.25, 0.3) is 17.7 Å². The van der Waals surface area contributed by atoms with Crippen molar-refractivity contribution in [3.63, 3.8) is 0 Å². The third-order valence-corrected chi connectivity index (χ3v) is 4.67. The molecule has 0 unspecified atom stereocenters. The number of hydrogen-bond acceptors (Lipinski definition) is 6. The molecule has 0 saturated heterocycles. The second-order valence-electron chi connectivity index (χ2n) is 6.40. The van der Waals surface area contributed by atoms with Gasteiger partial charge in [0, 0.05) is 29.4 Å². The minimum absolute atomic E-state index is 0.00607. The second kappa shape index (κ2) is 9.13. The van der Waals surface area contributed by atoms with Crippen molar-refractivity contribution in [3.05, 3.63) is 71.0 Å². The van der Waals surface area contributed by atoms with E-state index in [1.54, 1.807) is 26.4 Å². The lowest BCUT2D eigenvalue weighted by Crippen LogP contribution is -2.14. The average molecular weight is 406 g/mol. The van der Waals surface area contributed by atoms with Gasteiger partial charge in [0.2, 0.25) is 5.78 Å². The SMILES string of the molecule is COC1=CC(=O)C(c2c(/C=C/c3ccc(OC)cc3)cc(OC)cc2OC)=CC1=O. The Kier molecular flexibility index (Phi) is 6.37. The third kappa shape index (κ3) is 4.27. The standard InChI is InChI=1S/C24H22O6/c1-27-17-9-6-15(7-10-17)5-8-16-11-18(28-2)12-23(30-4)24(16)19-13-21(26)22(29-3)14-20(19)25/h5-14H,1-4H3/b8-5+. The van der Waals surface area contributed by atoms with Gasteiger partial charge in [0.15, 0.2) is 11.5 Å². The van der Waals surface area contributed by atoms with Gasteiger partial charge in [0.05, 0.1) is 28.4 Å². The molecule has 30 heavy (non-hydrogen) atoms. The molecule has 3 rings (SSSR count). The number of hydrogen-bond donors (Lipinski definition) is 0. The van der Waals surface area contributed by atoms with Gasteiger partial charge >= 0.3 is 0 Å². The normalized spacial score (nSPS) is 13.7. The summed E-state index contributed by atoms with van der Waals surface area (Å²) in [6.45, 7) is 0. The molecule has 0 fully saturated rings. The molecule has 0 N–H and O–H groups in total. The highest BCUT2D eigenvalue weighted by Crippen LogP contribution is 2.37. The van der Waals surface area contributed by atoms with Crippen molar-refractivity contribution < 1.29 is 28.5 Å². The minimum Gasteiger partial charge on any atom is -0.497 e. The Bertz CT molecular complexity index is 1060. The average Bonchev–Trinajstić information content (AvgIpc) is 2.78. The van der Waals surface area contributed by atoms with E-state index in [1.807, 2.05) is 36.4 Å². The lowest BCUT2D eigenvalue weighted by atomic mass is 9.90. The van der Waals surface area contributed by atoms with E-state index in [9.17, 15) is 9.59 Å². The molecule has 0 saturated carbocycles. The fourth-order valence-electron chi connectivity index (χ4n) is 3.11. The van der Waals surface area contributed by atoms with Crippen LogP contribution >= 0.6 is 0 Å². The van der Waals surface area contributed by atoms with E-state index >= 15 is 0 Å². The number of ether oxygens (including phenoxy) is 4. The van der Waals surface area contributed by atoms with Gasteiger partial charge < -0.3 is 18.9 Å². The number of rotatable bonds is 7. The van der Waals surface area contributed by atoms with Crippen molar-refractivity contribution >= 4 is 29.3 Å². The predicted molar refractivity (Wildman–Crippen MR) is 115 cm³/mol. The molecule has 0 heterocycles. The molecule has 154 valence electrons. The predicted octanol–water partition coefficient (Wildman–Crippen LogP) is 3.95. The van der Waals surface area contributed by atoms with Crippen molar-refractivity contribution in [2.45, 2.75) is 0 Å². The van der Waals surface area contributed by atoms with Crippen molar-refractivity contribution in [2.75, 3.05) is 28.4 Å². The van der Waals surface area contributed by atoms with Crippen molar-refractivity contribution in [3.8, 4) is 17.2 Å². The van der Waals surface area contributed by atoms with E-state index in [4.69, 9.17) is 18.9 Å². The summed E-state index contributed by atoms with van der Waals surface area (Å²) in [5.41, 5.74) is 2.34. The lowest BCUT2D eigenvalue weighted by Gasteiger charge is -2.18. The highest BCUT2D eigenvalue weighted by atomic mass is 16.5. The number of benzene rings is 2. The van der Waals surface area contributed by atoms with Crippen LogP contribution in [0.5, 0.6) is 17.2 Å². The first-order chi connectivity index (χ1) is 14.5. The molecule has 1 aliphatic rings. The van der Waals surface area contributed by atoms with E-state index < -0.39 is 0 Å². The van der Waals surface area contributed by atoms with Crippen LogP contribution in [0.4, 0.5) is 0 Å². The van der Waals surface area contributed by atoms with E-state index in [0.717, 1.165) is 11.3 Å². The first-order valence-electron chi connectivity index (χ1n) is 9.15. The van der Waals surface area contributed by atoms with Crippen LogP contribution in [0.1, 0.15) is 16.7 Å². The lowest BCUT2D eigenvalue weighted by molar-refractivity contribution is -0.116. The van der Waals surface area contributed by atoms with Crippen molar-refractivity contribution in [1.29, 1.82) is 0 Å². The van der Waals surface area contributed by atoms with Crippen molar-refractivity contribution in [1.82, 2.24) is 0 Å². The summed E-state index contributed by atoms with van der Waals surface area (Å²) in [5.74, 6) is 1.03. The zero-order chi connectivity index (χ0) is 21.7. The molecule has 1 aliphatic carbocycles. The number of carbonyl (C=O) groups is 2. The largest absolute Gasteiger partial charge is 0.497 e. The number of ketones is 2. The summed E-state index contributed by atoms with van der Waals surface area (Å²) in [6, 6.07) is 11.0. The van der Waals surface area contributed by atoms with E-state index in [0.29, 0.717) is 22.6 Å². The number of carbonyl (C=O) groups excluding carboxylic acids is 2. The molecule has 6 nitrogen and oxygen atoms in total. The summed E-state index contributed by atoms with van der Waals surface area (Å²) in [7, 11) is 6.01. The van der Waals surface area contributed by atoms with E-state index in [-0.39, 0.29) is 22.9 Å². The fourth-order valence-corrected chi connectivity index (χ4v) is 3.11. The smallest absolute Gasteiger partial charge is 0.221 e. The maximum Gasteiger partial charge on any atom is 0.221 e. The molecule has 0 bridgehead atoms. The molecule has 0 amide bonds. The molecule has 6 heteroatoms. The topological polar surface area (TPSA) is 71.1 Å². The summed E-state index contributed by atoms with van der Waals surface area (Å²) >= 11 is 0. The maximum atomic E-state index is 12.7. The molecule has 2 aromatic rings. The maximum absolute atomic E-state index is 12.7. The summed E-state index contributed by atoms with van der Waals surface area (Å²) < 4.78 is 21.0. The summed E-state index contributed by atoms with van der Waals surface area (Å²) in [6.07, 6.45) is 6.20. The highest BCUT2D eigenvalue weighted by Gasteiger charge is 2.26. The number of methoxy groups -OCH3 is 4. The third-order valence-electron chi connectivity index (χ3n) is 4.67. The molecule has 0 aliphatic heterocycles. The Morgan fingerprint density at radius 2 is 1.40 bits per heavy atom. The van der Waals surface area contributed by atoms with Crippen LogP contribution in [0.2, 0.25) is 0 Å². The van der Waals surface area contributed by atoms with Gasteiger partial charge in [-0.2, -0.15) is 0 Å². The van der Waals surface area contributed by atoms with Gasteiger partial charge in [-0.05, 0) is 29.3 Å². The van der Waals surface area contributed by atoms with Crippen LogP contribution in [0.3, 0.4) is 0 Å². The van der Waals surface area contributed by atoms with Gasteiger partial charge in [-0.15, -0.1) is 0 Å². The summed E-state index contributed by atoms with van der Waals surface area (Å²) in [5, 5.41) is 0. The Balaban J connectivity index is 2.11. The molecule has 0 aromatic heterocycles.